The van der Waals surface area contributed by atoms with E-state index in [0.29, 0.717) is 13.0 Å². The first-order valence-corrected chi connectivity index (χ1v) is 10.5. The van der Waals surface area contributed by atoms with Crippen molar-refractivity contribution >= 4 is 5.91 Å². The van der Waals surface area contributed by atoms with Crippen LogP contribution in [0.5, 0.6) is 0 Å². The maximum Gasteiger partial charge on any atom is 0.236 e. The zero-order valence-corrected chi connectivity index (χ0v) is 16.7. The molecule has 0 unspecified atom stereocenters. The van der Waals surface area contributed by atoms with Crippen molar-refractivity contribution in [2.24, 2.45) is 5.84 Å². The molecule has 0 bridgehead atoms. The molecule has 3 nitrogen and oxygen atoms in total. The lowest BCUT2D eigenvalue weighted by atomic mass is 10.1. The van der Waals surface area contributed by atoms with E-state index in [4.69, 9.17) is 5.84 Å². The van der Waals surface area contributed by atoms with Gasteiger partial charge in [0.05, 0.1) is 0 Å². The molecule has 0 heterocycles. The molecule has 0 aliphatic heterocycles. The van der Waals surface area contributed by atoms with Gasteiger partial charge in [0.25, 0.3) is 0 Å². The maximum atomic E-state index is 11.7. The van der Waals surface area contributed by atoms with Crippen LogP contribution in [0.4, 0.5) is 0 Å². The highest BCUT2D eigenvalue weighted by atomic mass is 16.2. The monoisotopic (exact) mass is 350 g/mol. The second-order valence-corrected chi connectivity index (χ2v) is 7.00. The fourth-order valence-electron chi connectivity index (χ4n) is 2.85. The van der Waals surface area contributed by atoms with Crippen molar-refractivity contribution in [1.29, 1.82) is 0 Å². The minimum atomic E-state index is 0.0551. The number of unbranched alkanes of at least 4 members (excludes halogenated alkanes) is 11. The number of nitrogens with two attached hydrogens (primary N) is 1. The number of amides is 1. The van der Waals surface area contributed by atoms with Crippen molar-refractivity contribution in [3.8, 4) is 0 Å². The molecule has 0 aliphatic carbocycles. The third-order valence-corrected chi connectivity index (χ3v) is 4.55. The number of carbonyl (C=O) groups excluding carboxylic acids is 1. The van der Waals surface area contributed by atoms with E-state index in [-0.39, 0.29) is 5.91 Å². The molecule has 1 amide bonds. The summed E-state index contributed by atoms with van der Waals surface area (Å²) in [6.45, 7) is 6.48. The lowest BCUT2D eigenvalue weighted by Crippen LogP contribution is -2.37. The fraction of sp³-hybridized carbons (Fsp3) is 0.773. The van der Waals surface area contributed by atoms with Crippen LogP contribution < -0.4 is 5.84 Å². The van der Waals surface area contributed by atoms with Crippen molar-refractivity contribution in [2.75, 3.05) is 6.54 Å². The first-order chi connectivity index (χ1) is 12.2. The van der Waals surface area contributed by atoms with Gasteiger partial charge in [-0.15, -0.1) is 6.58 Å². The zero-order chi connectivity index (χ0) is 18.6. The average Bonchev–Trinajstić information content (AvgIpc) is 2.62. The summed E-state index contributed by atoms with van der Waals surface area (Å²) < 4.78 is 0. The molecule has 25 heavy (non-hydrogen) atoms. The van der Waals surface area contributed by atoms with E-state index in [9.17, 15) is 4.79 Å². The van der Waals surface area contributed by atoms with Gasteiger partial charge in [-0.3, -0.25) is 9.80 Å². The Kier molecular flexibility index (Phi) is 18.4. The molecule has 0 rings (SSSR count). The van der Waals surface area contributed by atoms with E-state index in [2.05, 4.69) is 25.7 Å². The van der Waals surface area contributed by atoms with E-state index in [0.717, 1.165) is 19.3 Å². The number of hydrazine groups is 1. The maximum absolute atomic E-state index is 11.7. The molecule has 0 aromatic heterocycles. The number of nitrogens with zero attached hydrogens (tertiary/aromatic N) is 1. The Balaban J connectivity index is 3.29. The van der Waals surface area contributed by atoms with E-state index < -0.39 is 0 Å². The van der Waals surface area contributed by atoms with Crippen LogP contribution in [-0.2, 0) is 4.79 Å². The van der Waals surface area contributed by atoms with Gasteiger partial charge in [0.2, 0.25) is 5.91 Å². The summed E-state index contributed by atoms with van der Waals surface area (Å²) >= 11 is 0. The van der Waals surface area contributed by atoms with Crippen LogP contribution in [0.25, 0.3) is 0 Å². The molecule has 0 radical (unpaired) electrons. The number of carbonyl (C=O) groups is 1. The van der Waals surface area contributed by atoms with Gasteiger partial charge >= 0.3 is 0 Å². The molecule has 3 heteroatoms. The molecular weight excluding hydrogens is 308 g/mol. The molecule has 0 saturated heterocycles. The van der Waals surface area contributed by atoms with Gasteiger partial charge in [0.1, 0.15) is 0 Å². The van der Waals surface area contributed by atoms with Crippen LogP contribution in [0.3, 0.4) is 0 Å². The Labute approximate surface area is 156 Å². The normalized spacial score (nSPS) is 11.1. The largest absolute Gasteiger partial charge is 0.280 e. The van der Waals surface area contributed by atoms with Crippen LogP contribution in [0, 0.1) is 0 Å². The molecular formula is C22H42N2O. The summed E-state index contributed by atoms with van der Waals surface area (Å²) in [7, 11) is 0. The van der Waals surface area contributed by atoms with Crippen molar-refractivity contribution in [1.82, 2.24) is 5.01 Å². The summed E-state index contributed by atoms with van der Waals surface area (Å²) in [6.07, 6.45) is 24.4. The highest BCUT2D eigenvalue weighted by molar-refractivity contribution is 5.75. The van der Waals surface area contributed by atoms with Gasteiger partial charge in [0.15, 0.2) is 0 Å². The van der Waals surface area contributed by atoms with Crippen molar-refractivity contribution in [3.63, 3.8) is 0 Å². The van der Waals surface area contributed by atoms with E-state index >= 15 is 0 Å². The van der Waals surface area contributed by atoms with E-state index in [1.54, 1.807) is 6.08 Å². The van der Waals surface area contributed by atoms with Gasteiger partial charge in [-0.05, 0) is 38.5 Å². The van der Waals surface area contributed by atoms with Gasteiger partial charge < -0.3 is 0 Å². The predicted octanol–water partition coefficient (Wildman–Crippen LogP) is 6.30. The van der Waals surface area contributed by atoms with Crippen LogP contribution >= 0.6 is 0 Å². The van der Waals surface area contributed by atoms with Gasteiger partial charge in [-0.25, -0.2) is 5.84 Å². The average molecular weight is 351 g/mol. The van der Waals surface area contributed by atoms with Crippen molar-refractivity contribution in [2.45, 2.75) is 103 Å². The van der Waals surface area contributed by atoms with Gasteiger partial charge in [-0.2, -0.15) is 0 Å². The number of allylic oxidation sites excluding steroid dienone is 2. The summed E-state index contributed by atoms with van der Waals surface area (Å²) in [5, 5.41) is 1.33. The molecule has 146 valence electrons. The Hall–Kier alpha value is -1.09. The summed E-state index contributed by atoms with van der Waals surface area (Å²) in [5.74, 6) is 5.75. The Morgan fingerprint density at radius 2 is 1.36 bits per heavy atom. The molecule has 0 atom stereocenters. The second kappa shape index (κ2) is 19.2. The summed E-state index contributed by atoms with van der Waals surface area (Å²) in [4.78, 5) is 11.7. The number of hydrogen-bond acceptors (Lipinski definition) is 2. The standard InChI is InChI=1S/C22H42N2O/c1-3-5-7-8-9-10-11-12-13-14-15-16-17-18-19-20-22(25)24(23)21-6-4-2/h4,12-13H,2-3,5-11,14-21,23H2,1H3/b13-12-. The Morgan fingerprint density at radius 1 is 0.840 bits per heavy atom. The molecule has 0 saturated carbocycles. The molecule has 0 aromatic rings. The summed E-state index contributed by atoms with van der Waals surface area (Å²) in [5.41, 5.74) is 0. The quantitative estimate of drug-likeness (QED) is 0.104. The fourth-order valence-corrected chi connectivity index (χ4v) is 2.85. The molecule has 2 N–H and O–H groups in total. The number of hydrogen-bond donors (Lipinski definition) is 1. The second-order valence-electron chi connectivity index (χ2n) is 7.00. The van der Waals surface area contributed by atoms with E-state index in [1.807, 2.05) is 0 Å². The number of rotatable bonds is 18. The molecule has 0 aliphatic rings. The van der Waals surface area contributed by atoms with Crippen molar-refractivity contribution < 1.29 is 4.79 Å². The minimum absolute atomic E-state index is 0.0551. The SMILES string of the molecule is C=CCCN(N)C(=O)CCCCCCC/C=C\CCCCCCCC. The third-order valence-electron chi connectivity index (χ3n) is 4.55. The van der Waals surface area contributed by atoms with Crippen LogP contribution in [0.15, 0.2) is 24.8 Å². The minimum Gasteiger partial charge on any atom is -0.280 e. The Bertz CT molecular complexity index is 339. The van der Waals surface area contributed by atoms with Crippen LogP contribution in [0.2, 0.25) is 0 Å². The molecule has 0 fully saturated rings. The molecule has 0 aromatic carbocycles. The highest BCUT2D eigenvalue weighted by Crippen LogP contribution is 2.10. The first-order valence-electron chi connectivity index (χ1n) is 10.5. The van der Waals surface area contributed by atoms with Gasteiger partial charge in [-0.1, -0.05) is 76.5 Å². The Morgan fingerprint density at radius 3 is 1.92 bits per heavy atom. The van der Waals surface area contributed by atoms with E-state index in [1.165, 1.54) is 75.6 Å². The van der Waals surface area contributed by atoms with Crippen LogP contribution in [0.1, 0.15) is 103 Å². The predicted molar refractivity (Wildman–Crippen MR) is 110 cm³/mol. The smallest absolute Gasteiger partial charge is 0.236 e. The lowest BCUT2D eigenvalue weighted by molar-refractivity contribution is -0.131. The summed E-state index contributed by atoms with van der Waals surface area (Å²) in [6, 6.07) is 0. The first kappa shape index (κ1) is 23.9. The third kappa shape index (κ3) is 17.5. The molecule has 0 spiro atoms. The topological polar surface area (TPSA) is 46.3 Å². The van der Waals surface area contributed by atoms with Gasteiger partial charge in [0, 0.05) is 13.0 Å². The lowest BCUT2D eigenvalue weighted by Gasteiger charge is -2.15. The van der Waals surface area contributed by atoms with Crippen molar-refractivity contribution in [3.05, 3.63) is 24.8 Å². The van der Waals surface area contributed by atoms with Crippen LogP contribution in [-0.4, -0.2) is 17.5 Å². The zero-order valence-electron chi connectivity index (χ0n) is 16.7. The highest BCUT2D eigenvalue weighted by Gasteiger charge is 2.07.